The Labute approximate surface area is 175 Å². The first-order chi connectivity index (χ1) is 14.1. The standard InChI is InChI=1S/C23H22N2O3S/c1-5-13-28-19-12-11-17(14-20(19)27-4)15-21-22(26)25(6-2)23(29-21)24-18-10-8-7-9-16(18)3/h1,7-12,14-15H,6,13H2,2-4H3/b21-15-,24-23?. The van der Waals surface area contributed by atoms with Crippen molar-refractivity contribution < 1.29 is 14.3 Å². The molecule has 0 N–H and O–H groups in total. The van der Waals surface area contributed by atoms with Crippen LogP contribution in [0.15, 0.2) is 52.4 Å². The van der Waals surface area contributed by atoms with Gasteiger partial charge in [-0.05, 0) is 61.0 Å². The molecule has 5 nitrogen and oxygen atoms in total. The molecule has 0 saturated carbocycles. The number of aliphatic imine (C=N–C) groups is 1. The molecule has 1 aliphatic heterocycles. The Morgan fingerprint density at radius 3 is 2.72 bits per heavy atom. The average molecular weight is 407 g/mol. The minimum Gasteiger partial charge on any atom is -0.493 e. The van der Waals surface area contributed by atoms with Crippen LogP contribution in [0, 0.1) is 19.3 Å². The van der Waals surface area contributed by atoms with Gasteiger partial charge in [0.25, 0.3) is 5.91 Å². The van der Waals surface area contributed by atoms with Crippen LogP contribution >= 0.6 is 11.8 Å². The van der Waals surface area contributed by atoms with E-state index in [0.29, 0.717) is 28.1 Å². The molecular formula is C23H22N2O3S. The molecule has 0 aromatic heterocycles. The van der Waals surface area contributed by atoms with Gasteiger partial charge in [0.05, 0.1) is 17.7 Å². The number of terminal acetylenes is 1. The van der Waals surface area contributed by atoms with Crippen molar-refractivity contribution in [2.45, 2.75) is 13.8 Å². The maximum Gasteiger partial charge on any atom is 0.266 e. The first-order valence-electron chi connectivity index (χ1n) is 9.17. The largest absolute Gasteiger partial charge is 0.493 e. The topological polar surface area (TPSA) is 51.1 Å². The van der Waals surface area contributed by atoms with Crippen molar-refractivity contribution in [1.82, 2.24) is 4.90 Å². The Balaban J connectivity index is 1.91. The molecule has 148 valence electrons. The molecule has 0 unspecified atom stereocenters. The highest BCUT2D eigenvalue weighted by Crippen LogP contribution is 2.36. The summed E-state index contributed by atoms with van der Waals surface area (Å²) in [6.45, 7) is 4.66. The fraction of sp³-hybridized carbons (Fsp3) is 0.217. The predicted octanol–water partition coefficient (Wildman–Crippen LogP) is 4.64. The SMILES string of the molecule is C#CCOc1ccc(/C=C2\SC(=Nc3ccccc3C)N(CC)C2=O)cc1OC. The van der Waals surface area contributed by atoms with Crippen LogP contribution in [0.5, 0.6) is 11.5 Å². The summed E-state index contributed by atoms with van der Waals surface area (Å²) in [6, 6.07) is 13.3. The summed E-state index contributed by atoms with van der Waals surface area (Å²) >= 11 is 1.37. The molecule has 1 fully saturated rings. The summed E-state index contributed by atoms with van der Waals surface area (Å²) in [5.41, 5.74) is 2.76. The Bertz CT molecular complexity index is 1020. The van der Waals surface area contributed by atoms with Crippen LogP contribution in [0.4, 0.5) is 5.69 Å². The number of thioether (sulfide) groups is 1. The van der Waals surface area contributed by atoms with Gasteiger partial charge >= 0.3 is 0 Å². The summed E-state index contributed by atoms with van der Waals surface area (Å²) in [6.07, 6.45) is 7.08. The van der Waals surface area contributed by atoms with Crippen molar-refractivity contribution in [3.05, 3.63) is 58.5 Å². The average Bonchev–Trinajstić information content (AvgIpc) is 3.02. The van der Waals surface area contributed by atoms with Crippen molar-refractivity contribution in [1.29, 1.82) is 0 Å². The summed E-state index contributed by atoms with van der Waals surface area (Å²) in [5.74, 6) is 3.50. The molecular weight excluding hydrogens is 384 g/mol. The van der Waals surface area contributed by atoms with Crippen LogP contribution < -0.4 is 9.47 Å². The number of benzene rings is 2. The van der Waals surface area contributed by atoms with Gasteiger partial charge in [0.2, 0.25) is 0 Å². The van der Waals surface area contributed by atoms with Gasteiger partial charge < -0.3 is 9.47 Å². The molecule has 1 aliphatic rings. The number of para-hydroxylation sites is 1. The Kier molecular flexibility index (Phi) is 6.63. The highest BCUT2D eigenvalue weighted by atomic mass is 32.2. The molecule has 0 radical (unpaired) electrons. The van der Waals surface area contributed by atoms with Crippen LogP contribution in [-0.2, 0) is 4.79 Å². The Morgan fingerprint density at radius 1 is 1.24 bits per heavy atom. The zero-order valence-electron chi connectivity index (χ0n) is 16.6. The van der Waals surface area contributed by atoms with Crippen LogP contribution in [-0.4, -0.2) is 36.2 Å². The van der Waals surface area contributed by atoms with Crippen LogP contribution in [0.1, 0.15) is 18.1 Å². The molecule has 1 heterocycles. The molecule has 0 atom stereocenters. The lowest BCUT2D eigenvalue weighted by Gasteiger charge is -2.12. The smallest absolute Gasteiger partial charge is 0.266 e. The Hall–Kier alpha value is -3.17. The fourth-order valence-corrected chi connectivity index (χ4v) is 3.88. The number of amides is 1. The highest BCUT2D eigenvalue weighted by Gasteiger charge is 2.32. The van der Waals surface area contributed by atoms with Crippen molar-refractivity contribution in [2.75, 3.05) is 20.3 Å². The number of ether oxygens (including phenoxy) is 2. The summed E-state index contributed by atoms with van der Waals surface area (Å²) in [7, 11) is 1.57. The number of amidine groups is 1. The van der Waals surface area contributed by atoms with E-state index in [1.807, 2.05) is 56.3 Å². The fourth-order valence-electron chi connectivity index (χ4n) is 2.83. The third kappa shape index (κ3) is 4.64. The zero-order chi connectivity index (χ0) is 20.8. The highest BCUT2D eigenvalue weighted by molar-refractivity contribution is 8.18. The number of rotatable bonds is 6. The zero-order valence-corrected chi connectivity index (χ0v) is 17.5. The molecule has 0 spiro atoms. The second-order valence-corrected chi connectivity index (χ2v) is 7.25. The van der Waals surface area contributed by atoms with E-state index in [1.54, 1.807) is 18.1 Å². The van der Waals surface area contributed by atoms with Gasteiger partial charge in [-0.15, -0.1) is 6.42 Å². The molecule has 6 heteroatoms. The monoisotopic (exact) mass is 406 g/mol. The van der Waals surface area contributed by atoms with Gasteiger partial charge in [0.15, 0.2) is 16.7 Å². The molecule has 0 aliphatic carbocycles. The number of hydrogen-bond acceptors (Lipinski definition) is 5. The van der Waals surface area contributed by atoms with Crippen molar-refractivity contribution >= 4 is 34.6 Å². The minimum atomic E-state index is -0.0588. The van der Waals surface area contributed by atoms with Crippen LogP contribution in [0.2, 0.25) is 0 Å². The van der Waals surface area contributed by atoms with Gasteiger partial charge in [0, 0.05) is 6.54 Å². The third-order valence-electron chi connectivity index (χ3n) is 4.33. The lowest BCUT2D eigenvalue weighted by atomic mass is 10.2. The molecule has 1 amide bonds. The lowest BCUT2D eigenvalue weighted by Crippen LogP contribution is -2.28. The van der Waals surface area contributed by atoms with Gasteiger partial charge in [-0.1, -0.05) is 30.2 Å². The van der Waals surface area contributed by atoms with E-state index in [0.717, 1.165) is 16.8 Å². The van der Waals surface area contributed by atoms with Crippen molar-refractivity contribution in [3.63, 3.8) is 0 Å². The van der Waals surface area contributed by atoms with Crippen molar-refractivity contribution in [3.8, 4) is 23.8 Å². The summed E-state index contributed by atoms with van der Waals surface area (Å²) in [4.78, 5) is 19.9. The first kappa shape index (κ1) is 20.6. The second-order valence-electron chi connectivity index (χ2n) is 6.24. The quantitative estimate of drug-likeness (QED) is 0.518. The van der Waals surface area contributed by atoms with Gasteiger partial charge in [-0.3, -0.25) is 9.69 Å². The summed E-state index contributed by atoms with van der Waals surface area (Å²) < 4.78 is 10.9. The molecule has 29 heavy (non-hydrogen) atoms. The molecule has 1 saturated heterocycles. The number of carbonyl (C=O) groups excluding carboxylic acids is 1. The van der Waals surface area contributed by atoms with E-state index in [2.05, 4.69) is 5.92 Å². The molecule has 0 bridgehead atoms. The third-order valence-corrected chi connectivity index (χ3v) is 5.34. The molecule has 2 aromatic carbocycles. The normalized spacial score (nSPS) is 16.3. The van der Waals surface area contributed by atoms with Crippen LogP contribution in [0.25, 0.3) is 6.08 Å². The van der Waals surface area contributed by atoms with E-state index in [1.165, 1.54) is 11.8 Å². The summed E-state index contributed by atoms with van der Waals surface area (Å²) in [5, 5.41) is 0.680. The maximum absolute atomic E-state index is 12.9. The second kappa shape index (κ2) is 9.35. The van der Waals surface area contributed by atoms with Gasteiger partial charge in [0.1, 0.15) is 6.61 Å². The maximum atomic E-state index is 12.9. The molecule has 2 aromatic rings. The number of nitrogens with zero attached hydrogens (tertiary/aromatic N) is 2. The lowest BCUT2D eigenvalue weighted by molar-refractivity contribution is -0.122. The van der Waals surface area contributed by atoms with E-state index in [-0.39, 0.29) is 12.5 Å². The Morgan fingerprint density at radius 2 is 2.03 bits per heavy atom. The van der Waals surface area contributed by atoms with Crippen molar-refractivity contribution in [2.24, 2.45) is 4.99 Å². The van der Waals surface area contributed by atoms with E-state index < -0.39 is 0 Å². The van der Waals surface area contributed by atoms with Gasteiger partial charge in [-0.2, -0.15) is 0 Å². The number of aryl methyl sites for hydroxylation is 1. The number of carbonyl (C=O) groups is 1. The van der Waals surface area contributed by atoms with E-state index >= 15 is 0 Å². The van der Waals surface area contributed by atoms with E-state index in [4.69, 9.17) is 20.9 Å². The van der Waals surface area contributed by atoms with E-state index in [9.17, 15) is 4.79 Å². The van der Waals surface area contributed by atoms with Crippen LogP contribution in [0.3, 0.4) is 0 Å². The van der Waals surface area contributed by atoms with Gasteiger partial charge in [-0.25, -0.2) is 4.99 Å². The first-order valence-corrected chi connectivity index (χ1v) is 9.99. The number of methoxy groups -OCH3 is 1. The minimum absolute atomic E-state index is 0.0588. The molecule has 3 rings (SSSR count). The predicted molar refractivity (Wildman–Crippen MR) is 119 cm³/mol. The number of likely N-dealkylation sites (N-methyl/N-ethyl adjacent to an activating group) is 1. The number of hydrogen-bond donors (Lipinski definition) is 0.